The van der Waals surface area contributed by atoms with Gasteiger partial charge in [-0.05, 0) is 30.3 Å². The van der Waals surface area contributed by atoms with Gasteiger partial charge in [0.25, 0.3) is 5.91 Å². The molecule has 0 spiro atoms. The average molecular weight is 372 g/mol. The Kier molecular flexibility index (Phi) is 5.88. The second kappa shape index (κ2) is 7.68. The van der Waals surface area contributed by atoms with Crippen molar-refractivity contribution in [2.45, 2.75) is 0 Å². The molecule has 0 saturated heterocycles. The molecule has 2 rings (SSSR count). The summed E-state index contributed by atoms with van der Waals surface area (Å²) in [5, 5.41) is 3.72. The summed E-state index contributed by atoms with van der Waals surface area (Å²) in [5.41, 5.74) is 0.730. The minimum Gasteiger partial charge on any atom is -0.332 e. The van der Waals surface area contributed by atoms with E-state index in [0.29, 0.717) is 26.3 Å². The fourth-order valence-corrected chi connectivity index (χ4v) is 2.61. The van der Waals surface area contributed by atoms with Gasteiger partial charge in [-0.25, -0.2) is 0 Å². The Morgan fingerprint density at radius 2 is 1.65 bits per heavy atom. The van der Waals surface area contributed by atoms with Crippen LogP contribution in [0.1, 0.15) is 10.4 Å². The molecule has 0 aliphatic carbocycles. The van der Waals surface area contributed by atoms with Gasteiger partial charge in [0, 0.05) is 17.6 Å². The third kappa shape index (κ3) is 4.61. The van der Waals surface area contributed by atoms with Gasteiger partial charge in [-0.2, -0.15) is 0 Å². The molecule has 7 heteroatoms. The highest BCUT2D eigenvalue weighted by molar-refractivity contribution is 6.39. The average Bonchev–Trinajstić information content (AvgIpc) is 2.50. The highest BCUT2D eigenvalue weighted by Crippen LogP contribution is 2.29. The van der Waals surface area contributed by atoms with Crippen LogP contribution >= 0.6 is 34.8 Å². The van der Waals surface area contributed by atoms with Crippen molar-refractivity contribution in [2.24, 2.45) is 0 Å². The predicted molar refractivity (Wildman–Crippen MR) is 93.5 cm³/mol. The number of nitrogens with zero attached hydrogens (tertiary/aromatic N) is 1. The monoisotopic (exact) mass is 370 g/mol. The van der Waals surface area contributed by atoms with Gasteiger partial charge < -0.3 is 10.2 Å². The first kappa shape index (κ1) is 17.6. The standard InChI is InChI=1S/C16H13Cl3N2O2/c1-21(16(23)10-4-2-5-11(17)8-10)9-14(22)20-15-12(18)6-3-7-13(15)19/h2-8H,9H2,1H3,(H,20,22). The molecule has 0 aliphatic heterocycles. The highest BCUT2D eigenvalue weighted by atomic mass is 35.5. The summed E-state index contributed by atoms with van der Waals surface area (Å²) in [5.74, 6) is -0.717. The zero-order chi connectivity index (χ0) is 17.0. The molecule has 0 unspecified atom stereocenters. The second-order valence-electron chi connectivity index (χ2n) is 4.82. The maximum absolute atomic E-state index is 12.3. The molecule has 0 fully saturated rings. The number of anilines is 1. The number of halogens is 3. The van der Waals surface area contributed by atoms with Crippen LogP contribution in [0.2, 0.25) is 15.1 Å². The number of hydrogen-bond donors (Lipinski definition) is 1. The van der Waals surface area contributed by atoms with E-state index in [1.54, 1.807) is 42.5 Å². The van der Waals surface area contributed by atoms with Crippen LogP contribution in [-0.2, 0) is 4.79 Å². The van der Waals surface area contributed by atoms with E-state index in [1.165, 1.54) is 11.9 Å². The molecule has 0 bridgehead atoms. The van der Waals surface area contributed by atoms with Crippen LogP contribution in [0, 0.1) is 0 Å². The van der Waals surface area contributed by atoms with Crippen molar-refractivity contribution >= 4 is 52.3 Å². The van der Waals surface area contributed by atoms with E-state index in [-0.39, 0.29) is 12.5 Å². The minimum absolute atomic E-state index is 0.146. The molecule has 0 heterocycles. The van der Waals surface area contributed by atoms with Crippen LogP contribution in [0.25, 0.3) is 0 Å². The quantitative estimate of drug-likeness (QED) is 0.868. The lowest BCUT2D eigenvalue weighted by atomic mass is 10.2. The van der Waals surface area contributed by atoms with E-state index < -0.39 is 5.91 Å². The zero-order valence-corrected chi connectivity index (χ0v) is 14.4. The Balaban J connectivity index is 2.04. The molecular weight excluding hydrogens is 359 g/mol. The summed E-state index contributed by atoms with van der Waals surface area (Å²) in [4.78, 5) is 25.6. The van der Waals surface area contributed by atoms with E-state index >= 15 is 0 Å². The van der Waals surface area contributed by atoms with E-state index in [0.717, 1.165) is 0 Å². The van der Waals surface area contributed by atoms with E-state index in [4.69, 9.17) is 34.8 Å². The molecule has 0 radical (unpaired) electrons. The smallest absolute Gasteiger partial charge is 0.254 e. The molecule has 120 valence electrons. The van der Waals surface area contributed by atoms with Gasteiger partial charge in [0.15, 0.2) is 0 Å². The first-order valence-corrected chi connectivity index (χ1v) is 7.77. The van der Waals surface area contributed by atoms with E-state index in [2.05, 4.69) is 5.32 Å². The molecule has 0 atom stereocenters. The zero-order valence-electron chi connectivity index (χ0n) is 12.1. The SMILES string of the molecule is CN(CC(=O)Nc1c(Cl)cccc1Cl)C(=O)c1cccc(Cl)c1. The van der Waals surface area contributed by atoms with Crippen LogP contribution in [0.3, 0.4) is 0 Å². The van der Waals surface area contributed by atoms with Gasteiger partial charge >= 0.3 is 0 Å². The van der Waals surface area contributed by atoms with Gasteiger partial charge in [-0.3, -0.25) is 9.59 Å². The normalized spacial score (nSPS) is 10.3. The van der Waals surface area contributed by atoms with Crippen molar-refractivity contribution in [3.63, 3.8) is 0 Å². The summed E-state index contributed by atoms with van der Waals surface area (Å²) in [6.45, 7) is -0.146. The fourth-order valence-electron chi connectivity index (χ4n) is 1.93. The van der Waals surface area contributed by atoms with Gasteiger partial charge in [-0.1, -0.05) is 46.9 Å². The molecule has 0 aromatic heterocycles. The molecule has 23 heavy (non-hydrogen) atoms. The molecule has 2 aromatic rings. The second-order valence-corrected chi connectivity index (χ2v) is 6.07. The molecule has 0 saturated carbocycles. The van der Waals surface area contributed by atoms with Crippen LogP contribution in [0.15, 0.2) is 42.5 Å². The molecule has 2 aromatic carbocycles. The van der Waals surface area contributed by atoms with Crippen molar-refractivity contribution in [1.29, 1.82) is 0 Å². The lowest BCUT2D eigenvalue weighted by molar-refractivity contribution is -0.116. The van der Waals surface area contributed by atoms with Gasteiger partial charge in [0.1, 0.15) is 0 Å². The molecule has 0 aliphatic rings. The molecular formula is C16H13Cl3N2O2. The Hall–Kier alpha value is -1.75. The summed E-state index contributed by atoms with van der Waals surface area (Å²) in [6.07, 6.45) is 0. The van der Waals surface area contributed by atoms with E-state index in [1.807, 2.05) is 0 Å². The number of carbonyl (C=O) groups excluding carboxylic acids is 2. The number of para-hydroxylation sites is 1. The Bertz CT molecular complexity index is 730. The largest absolute Gasteiger partial charge is 0.332 e. The third-order valence-corrected chi connectivity index (χ3v) is 3.89. The highest BCUT2D eigenvalue weighted by Gasteiger charge is 2.16. The molecule has 4 nitrogen and oxygen atoms in total. The minimum atomic E-state index is -0.405. The molecule has 2 amide bonds. The summed E-state index contributed by atoms with van der Waals surface area (Å²) in [7, 11) is 1.52. The van der Waals surface area contributed by atoms with Crippen molar-refractivity contribution in [3.8, 4) is 0 Å². The Morgan fingerprint density at radius 1 is 1.04 bits per heavy atom. The number of benzene rings is 2. The maximum atomic E-state index is 12.3. The van der Waals surface area contributed by atoms with Gasteiger partial charge in [0.2, 0.25) is 5.91 Å². The van der Waals surface area contributed by atoms with Crippen molar-refractivity contribution in [2.75, 3.05) is 18.9 Å². The third-order valence-electron chi connectivity index (χ3n) is 3.03. The van der Waals surface area contributed by atoms with Crippen LogP contribution in [0.4, 0.5) is 5.69 Å². The first-order valence-electron chi connectivity index (χ1n) is 6.63. The number of nitrogens with one attached hydrogen (secondary N) is 1. The Labute approximate surface area is 148 Å². The number of likely N-dealkylation sites (N-methyl/N-ethyl adjacent to an activating group) is 1. The number of carbonyl (C=O) groups is 2. The summed E-state index contributed by atoms with van der Waals surface area (Å²) >= 11 is 17.8. The maximum Gasteiger partial charge on any atom is 0.254 e. The first-order chi connectivity index (χ1) is 10.9. The van der Waals surface area contributed by atoms with Crippen molar-refractivity contribution in [1.82, 2.24) is 4.90 Å². The number of hydrogen-bond acceptors (Lipinski definition) is 2. The van der Waals surface area contributed by atoms with Crippen LogP contribution in [0.5, 0.6) is 0 Å². The van der Waals surface area contributed by atoms with Crippen molar-refractivity contribution in [3.05, 3.63) is 63.1 Å². The lowest BCUT2D eigenvalue weighted by Crippen LogP contribution is -2.35. The van der Waals surface area contributed by atoms with E-state index in [9.17, 15) is 9.59 Å². The molecule has 1 N–H and O–H groups in total. The van der Waals surface area contributed by atoms with Crippen LogP contribution in [-0.4, -0.2) is 30.3 Å². The van der Waals surface area contributed by atoms with Gasteiger partial charge in [0.05, 0.1) is 22.3 Å². The predicted octanol–water partition coefficient (Wildman–Crippen LogP) is 4.36. The van der Waals surface area contributed by atoms with Crippen LogP contribution < -0.4 is 5.32 Å². The fraction of sp³-hybridized carbons (Fsp3) is 0.125. The Morgan fingerprint density at radius 3 is 2.26 bits per heavy atom. The number of rotatable bonds is 4. The summed E-state index contributed by atoms with van der Waals surface area (Å²) < 4.78 is 0. The number of amides is 2. The summed E-state index contributed by atoms with van der Waals surface area (Å²) in [6, 6.07) is 11.4. The lowest BCUT2D eigenvalue weighted by Gasteiger charge is -2.17. The topological polar surface area (TPSA) is 49.4 Å². The van der Waals surface area contributed by atoms with Crippen molar-refractivity contribution < 1.29 is 9.59 Å². The van der Waals surface area contributed by atoms with Gasteiger partial charge in [-0.15, -0.1) is 0 Å².